The van der Waals surface area contributed by atoms with Crippen molar-refractivity contribution in [3.63, 3.8) is 0 Å². The molecule has 0 aromatic carbocycles. The number of rotatable bonds is 3. The SMILES string of the molecule is COC(=O)c1cccnc1N1CCC(CN)CC1. The van der Waals surface area contributed by atoms with Gasteiger partial charge in [0, 0.05) is 19.3 Å². The molecule has 1 saturated heterocycles. The van der Waals surface area contributed by atoms with E-state index in [-0.39, 0.29) is 5.97 Å². The maximum atomic E-state index is 11.7. The number of ether oxygens (including phenoxy) is 1. The molecule has 2 rings (SSSR count). The normalized spacial score (nSPS) is 16.7. The van der Waals surface area contributed by atoms with Crippen molar-refractivity contribution in [2.75, 3.05) is 31.6 Å². The minimum absolute atomic E-state index is 0.334. The second-order valence-corrected chi connectivity index (χ2v) is 4.53. The number of hydrogen-bond acceptors (Lipinski definition) is 5. The minimum atomic E-state index is -0.334. The summed E-state index contributed by atoms with van der Waals surface area (Å²) in [6.45, 7) is 2.52. The van der Waals surface area contributed by atoms with Gasteiger partial charge in [0.1, 0.15) is 11.4 Å². The first-order chi connectivity index (χ1) is 8.76. The fourth-order valence-electron chi connectivity index (χ4n) is 2.30. The van der Waals surface area contributed by atoms with E-state index >= 15 is 0 Å². The van der Waals surface area contributed by atoms with Crippen LogP contribution in [0.2, 0.25) is 0 Å². The molecule has 1 aliphatic heterocycles. The van der Waals surface area contributed by atoms with Crippen molar-refractivity contribution < 1.29 is 9.53 Å². The Labute approximate surface area is 107 Å². The zero-order chi connectivity index (χ0) is 13.0. The molecule has 0 spiro atoms. The van der Waals surface area contributed by atoms with E-state index in [1.165, 1.54) is 7.11 Å². The molecule has 1 aliphatic rings. The van der Waals surface area contributed by atoms with Gasteiger partial charge in [-0.05, 0) is 37.4 Å². The van der Waals surface area contributed by atoms with Crippen LogP contribution in [-0.2, 0) is 4.74 Å². The Morgan fingerprint density at radius 3 is 2.89 bits per heavy atom. The van der Waals surface area contributed by atoms with Gasteiger partial charge in [-0.3, -0.25) is 0 Å². The monoisotopic (exact) mass is 249 g/mol. The molecule has 1 fully saturated rings. The van der Waals surface area contributed by atoms with E-state index in [9.17, 15) is 4.79 Å². The summed E-state index contributed by atoms with van der Waals surface area (Å²) in [5.41, 5.74) is 6.21. The highest BCUT2D eigenvalue weighted by Crippen LogP contribution is 2.24. The molecule has 0 aliphatic carbocycles. The summed E-state index contributed by atoms with van der Waals surface area (Å²) >= 11 is 0. The summed E-state index contributed by atoms with van der Waals surface area (Å²) in [5.74, 6) is 0.977. The van der Waals surface area contributed by atoms with Gasteiger partial charge in [0.15, 0.2) is 0 Å². The van der Waals surface area contributed by atoms with E-state index in [1.54, 1.807) is 18.3 Å². The van der Waals surface area contributed by atoms with Crippen LogP contribution >= 0.6 is 0 Å². The van der Waals surface area contributed by atoms with Crippen LogP contribution in [0.15, 0.2) is 18.3 Å². The smallest absolute Gasteiger partial charge is 0.341 e. The topological polar surface area (TPSA) is 68.5 Å². The van der Waals surface area contributed by atoms with Crippen LogP contribution in [-0.4, -0.2) is 37.7 Å². The molecule has 0 radical (unpaired) electrons. The number of piperidine rings is 1. The first kappa shape index (κ1) is 12.8. The Hall–Kier alpha value is -1.62. The highest BCUT2D eigenvalue weighted by molar-refractivity contribution is 5.94. The number of hydrogen-bond donors (Lipinski definition) is 1. The second kappa shape index (κ2) is 5.82. The largest absolute Gasteiger partial charge is 0.465 e. The lowest BCUT2D eigenvalue weighted by Crippen LogP contribution is -2.37. The van der Waals surface area contributed by atoms with Gasteiger partial charge in [0.25, 0.3) is 0 Å². The molecule has 0 saturated carbocycles. The Bertz CT molecular complexity index is 414. The van der Waals surface area contributed by atoms with Gasteiger partial charge < -0.3 is 15.4 Å². The third-order valence-corrected chi connectivity index (χ3v) is 3.44. The third kappa shape index (κ3) is 2.61. The second-order valence-electron chi connectivity index (χ2n) is 4.53. The zero-order valence-corrected chi connectivity index (χ0v) is 10.6. The predicted molar refractivity (Wildman–Crippen MR) is 69.6 cm³/mol. The van der Waals surface area contributed by atoms with Crippen molar-refractivity contribution in [2.24, 2.45) is 11.7 Å². The summed E-state index contributed by atoms with van der Waals surface area (Å²) in [4.78, 5) is 18.1. The number of nitrogens with zero attached hydrogens (tertiary/aromatic N) is 2. The predicted octanol–water partition coefficient (Wildman–Crippen LogP) is 1.04. The fraction of sp³-hybridized carbons (Fsp3) is 0.538. The molecule has 2 heterocycles. The lowest BCUT2D eigenvalue weighted by atomic mass is 9.97. The molecule has 0 amide bonds. The molecule has 1 aromatic rings. The van der Waals surface area contributed by atoms with Crippen molar-refractivity contribution in [1.29, 1.82) is 0 Å². The average molecular weight is 249 g/mol. The summed E-state index contributed by atoms with van der Waals surface area (Å²) in [5, 5.41) is 0. The first-order valence-corrected chi connectivity index (χ1v) is 6.24. The molecular formula is C13H19N3O2. The van der Waals surface area contributed by atoms with Gasteiger partial charge in [0.2, 0.25) is 0 Å². The third-order valence-electron chi connectivity index (χ3n) is 3.44. The molecule has 0 bridgehead atoms. The number of aromatic nitrogens is 1. The van der Waals surface area contributed by atoms with Crippen molar-refractivity contribution in [2.45, 2.75) is 12.8 Å². The van der Waals surface area contributed by atoms with Gasteiger partial charge in [-0.25, -0.2) is 9.78 Å². The van der Waals surface area contributed by atoms with Crippen molar-refractivity contribution in [1.82, 2.24) is 4.98 Å². The number of methoxy groups -OCH3 is 1. The van der Waals surface area contributed by atoms with E-state index in [2.05, 4.69) is 9.88 Å². The van der Waals surface area contributed by atoms with Crippen LogP contribution < -0.4 is 10.6 Å². The molecule has 98 valence electrons. The fourth-order valence-corrected chi connectivity index (χ4v) is 2.30. The van der Waals surface area contributed by atoms with E-state index in [1.807, 2.05) is 0 Å². The number of pyridine rings is 1. The van der Waals surface area contributed by atoms with Crippen LogP contribution in [0.25, 0.3) is 0 Å². The lowest BCUT2D eigenvalue weighted by molar-refractivity contribution is 0.0601. The molecule has 5 heteroatoms. The van der Waals surface area contributed by atoms with Crippen LogP contribution in [0.3, 0.4) is 0 Å². The first-order valence-electron chi connectivity index (χ1n) is 6.24. The van der Waals surface area contributed by atoms with Crippen LogP contribution in [0, 0.1) is 5.92 Å². The molecule has 1 aromatic heterocycles. The van der Waals surface area contributed by atoms with E-state index in [0.29, 0.717) is 11.5 Å². The quantitative estimate of drug-likeness (QED) is 0.811. The van der Waals surface area contributed by atoms with Gasteiger partial charge >= 0.3 is 5.97 Å². The number of anilines is 1. The van der Waals surface area contributed by atoms with Crippen LogP contribution in [0.5, 0.6) is 0 Å². The molecular weight excluding hydrogens is 230 g/mol. The Kier molecular flexibility index (Phi) is 4.15. The Morgan fingerprint density at radius 2 is 2.28 bits per heavy atom. The maximum Gasteiger partial charge on any atom is 0.341 e. The summed E-state index contributed by atoms with van der Waals surface area (Å²) < 4.78 is 4.78. The summed E-state index contributed by atoms with van der Waals surface area (Å²) in [6, 6.07) is 3.51. The molecule has 2 N–H and O–H groups in total. The molecule has 0 unspecified atom stereocenters. The van der Waals surface area contributed by atoms with Crippen LogP contribution in [0.4, 0.5) is 5.82 Å². The van der Waals surface area contributed by atoms with Gasteiger partial charge in [-0.15, -0.1) is 0 Å². The molecule has 5 nitrogen and oxygen atoms in total. The minimum Gasteiger partial charge on any atom is -0.465 e. The van der Waals surface area contributed by atoms with Gasteiger partial charge in [-0.2, -0.15) is 0 Å². The van der Waals surface area contributed by atoms with Crippen molar-refractivity contribution >= 4 is 11.8 Å². The highest BCUT2D eigenvalue weighted by Gasteiger charge is 2.23. The number of carbonyl (C=O) groups excluding carboxylic acids is 1. The molecule has 18 heavy (non-hydrogen) atoms. The summed E-state index contributed by atoms with van der Waals surface area (Å²) in [7, 11) is 1.39. The number of esters is 1. The van der Waals surface area contributed by atoms with Crippen LogP contribution in [0.1, 0.15) is 23.2 Å². The van der Waals surface area contributed by atoms with Gasteiger partial charge in [0.05, 0.1) is 7.11 Å². The van der Waals surface area contributed by atoms with E-state index in [0.717, 1.165) is 38.3 Å². The van der Waals surface area contributed by atoms with Gasteiger partial charge in [-0.1, -0.05) is 0 Å². The maximum absolute atomic E-state index is 11.7. The van der Waals surface area contributed by atoms with E-state index < -0.39 is 0 Å². The van der Waals surface area contributed by atoms with Crippen molar-refractivity contribution in [3.8, 4) is 0 Å². The molecule has 0 atom stereocenters. The summed E-state index contributed by atoms with van der Waals surface area (Å²) in [6.07, 6.45) is 3.80. The number of nitrogens with two attached hydrogens (primary N) is 1. The Balaban J connectivity index is 2.16. The zero-order valence-electron chi connectivity index (χ0n) is 10.6. The Morgan fingerprint density at radius 1 is 1.56 bits per heavy atom. The highest BCUT2D eigenvalue weighted by atomic mass is 16.5. The number of carbonyl (C=O) groups is 1. The van der Waals surface area contributed by atoms with E-state index in [4.69, 9.17) is 10.5 Å². The lowest BCUT2D eigenvalue weighted by Gasteiger charge is -2.32. The average Bonchev–Trinajstić information content (AvgIpc) is 2.46. The standard InChI is InChI=1S/C13H19N3O2/c1-18-13(17)11-3-2-6-15-12(11)16-7-4-10(9-14)5-8-16/h2-3,6,10H,4-5,7-9,14H2,1H3. The van der Waals surface area contributed by atoms with Crippen molar-refractivity contribution in [3.05, 3.63) is 23.9 Å².